The van der Waals surface area contributed by atoms with Crippen LogP contribution < -0.4 is 14.8 Å². The fourth-order valence-electron chi connectivity index (χ4n) is 1.75. The predicted octanol–water partition coefficient (Wildman–Crippen LogP) is 2.13. The van der Waals surface area contributed by atoms with Gasteiger partial charge in [-0.2, -0.15) is 0 Å². The molecule has 5 nitrogen and oxygen atoms in total. The molecule has 0 aliphatic carbocycles. The Labute approximate surface area is 128 Å². The lowest BCUT2D eigenvalue weighted by molar-refractivity contribution is 0.350. The third-order valence-corrected chi connectivity index (χ3v) is 5.03. The molecule has 0 atom stereocenters. The molecule has 0 fully saturated rings. The molecule has 0 radical (unpaired) electrons. The Bertz CT molecular complexity index is 568. The Morgan fingerprint density at radius 2 is 1.95 bits per heavy atom. The van der Waals surface area contributed by atoms with Gasteiger partial charge < -0.3 is 10.1 Å². The molecule has 0 saturated heterocycles. The first-order valence-corrected chi connectivity index (χ1v) is 8.55. The fourth-order valence-corrected chi connectivity index (χ4v) is 3.04. The first-order valence-electron chi connectivity index (χ1n) is 7.07. The van der Waals surface area contributed by atoms with Crippen LogP contribution in [0.1, 0.15) is 32.8 Å². The maximum Gasteiger partial charge on any atom is 0.240 e. The molecule has 6 heteroatoms. The molecule has 21 heavy (non-hydrogen) atoms. The second kappa shape index (κ2) is 7.24. The van der Waals surface area contributed by atoms with E-state index in [0.29, 0.717) is 18.8 Å². The molecule has 0 aromatic heterocycles. The smallest absolute Gasteiger partial charge is 0.240 e. The monoisotopic (exact) mass is 314 g/mol. The summed E-state index contributed by atoms with van der Waals surface area (Å²) in [6, 6.07) is 4.90. The maximum absolute atomic E-state index is 12.4. The molecule has 1 aromatic carbocycles. The molecule has 120 valence electrons. The summed E-state index contributed by atoms with van der Waals surface area (Å²) in [4.78, 5) is 0.264. The van der Waals surface area contributed by atoms with Crippen molar-refractivity contribution in [3.63, 3.8) is 0 Å². The van der Waals surface area contributed by atoms with Crippen LogP contribution in [0.5, 0.6) is 5.75 Å². The fraction of sp³-hybridized carbons (Fsp3) is 0.600. The number of sulfonamides is 1. The summed E-state index contributed by atoms with van der Waals surface area (Å²) in [6.45, 7) is 7.09. The molecule has 0 aliphatic rings. The average molecular weight is 314 g/mol. The van der Waals surface area contributed by atoms with Gasteiger partial charge in [0.2, 0.25) is 10.0 Å². The van der Waals surface area contributed by atoms with Crippen molar-refractivity contribution < 1.29 is 13.2 Å². The van der Waals surface area contributed by atoms with E-state index in [1.165, 1.54) is 0 Å². The third kappa shape index (κ3) is 4.98. The number of nitrogens with one attached hydrogen (secondary N) is 2. The third-order valence-electron chi connectivity index (χ3n) is 3.63. The largest absolute Gasteiger partial charge is 0.496 e. The summed E-state index contributed by atoms with van der Waals surface area (Å²) in [5.74, 6) is 0.678. The van der Waals surface area contributed by atoms with E-state index in [9.17, 15) is 8.42 Å². The van der Waals surface area contributed by atoms with E-state index >= 15 is 0 Å². The van der Waals surface area contributed by atoms with Gasteiger partial charge in [0.1, 0.15) is 5.75 Å². The molecule has 1 rings (SSSR count). The molecule has 0 aliphatic heterocycles. The van der Waals surface area contributed by atoms with Gasteiger partial charge in [0.25, 0.3) is 0 Å². The first-order chi connectivity index (χ1) is 9.75. The van der Waals surface area contributed by atoms with E-state index in [1.807, 2.05) is 27.8 Å². The number of methoxy groups -OCH3 is 1. The maximum atomic E-state index is 12.4. The van der Waals surface area contributed by atoms with Crippen molar-refractivity contribution in [2.75, 3.05) is 20.7 Å². The Balaban J connectivity index is 3.00. The number of rotatable bonds is 8. The summed E-state index contributed by atoms with van der Waals surface area (Å²) in [5.41, 5.74) is 0.755. The molecule has 0 unspecified atom stereocenters. The van der Waals surface area contributed by atoms with Gasteiger partial charge in [-0.05, 0) is 37.1 Å². The Hall–Kier alpha value is -1.11. The summed E-state index contributed by atoms with van der Waals surface area (Å²) < 4.78 is 32.7. The van der Waals surface area contributed by atoms with E-state index in [4.69, 9.17) is 4.74 Å². The number of benzene rings is 1. The van der Waals surface area contributed by atoms with Crippen molar-refractivity contribution in [2.45, 2.75) is 38.6 Å². The van der Waals surface area contributed by atoms with Crippen LogP contribution in [0.3, 0.4) is 0 Å². The van der Waals surface area contributed by atoms with Crippen LogP contribution in [0, 0.1) is 5.41 Å². The Morgan fingerprint density at radius 1 is 1.29 bits per heavy atom. The van der Waals surface area contributed by atoms with Gasteiger partial charge in [-0.3, -0.25) is 0 Å². The lowest BCUT2D eigenvalue weighted by atomic mass is 9.91. The Kier molecular flexibility index (Phi) is 6.19. The zero-order valence-electron chi connectivity index (χ0n) is 13.5. The number of ether oxygens (including phenoxy) is 1. The van der Waals surface area contributed by atoms with Gasteiger partial charge in [-0.1, -0.05) is 20.8 Å². The van der Waals surface area contributed by atoms with Crippen LogP contribution in [0.4, 0.5) is 0 Å². The minimum Gasteiger partial charge on any atom is -0.496 e. The molecule has 0 bridgehead atoms. The standard InChI is InChI=1S/C15H26N2O3S/c1-6-15(2,3)11-17-21(18,19)13-7-8-14(20-5)12(9-13)10-16-4/h7-9,16-17H,6,10-11H2,1-5H3. The van der Waals surface area contributed by atoms with Crippen molar-refractivity contribution >= 4 is 10.0 Å². The molecule has 0 spiro atoms. The zero-order chi connectivity index (χ0) is 16.1. The summed E-state index contributed by atoms with van der Waals surface area (Å²) in [6.07, 6.45) is 0.906. The molecular formula is C15H26N2O3S. The van der Waals surface area contributed by atoms with Crippen molar-refractivity contribution in [2.24, 2.45) is 5.41 Å². The van der Waals surface area contributed by atoms with E-state index in [1.54, 1.807) is 25.3 Å². The predicted molar refractivity (Wildman–Crippen MR) is 85.0 cm³/mol. The summed E-state index contributed by atoms with van der Waals surface area (Å²) in [5, 5.41) is 3.01. The lowest BCUT2D eigenvalue weighted by Crippen LogP contribution is -2.33. The van der Waals surface area contributed by atoms with Crippen molar-refractivity contribution in [3.8, 4) is 5.75 Å². The highest BCUT2D eigenvalue weighted by molar-refractivity contribution is 7.89. The van der Waals surface area contributed by atoms with Crippen LogP contribution in [-0.4, -0.2) is 29.1 Å². The molecular weight excluding hydrogens is 288 g/mol. The zero-order valence-corrected chi connectivity index (χ0v) is 14.3. The van der Waals surface area contributed by atoms with Crippen LogP contribution >= 0.6 is 0 Å². The first kappa shape index (κ1) is 17.9. The van der Waals surface area contributed by atoms with E-state index in [0.717, 1.165) is 12.0 Å². The van der Waals surface area contributed by atoms with Crippen LogP contribution in [0.2, 0.25) is 0 Å². The molecule has 0 amide bonds. The summed E-state index contributed by atoms with van der Waals surface area (Å²) in [7, 11) is -0.120. The van der Waals surface area contributed by atoms with Gasteiger partial charge in [0.05, 0.1) is 12.0 Å². The highest BCUT2D eigenvalue weighted by Crippen LogP contribution is 2.23. The van der Waals surface area contributed by atoms with E-state index in [2.05, 4.69) is 10.0 Å². The van der Waals surface area contributed by atoms with Gasteiger partial charge >= 0.3 is 0 Å². The highest BCUT2D eigenvalue weighted by Gasteiger charge is 2.21. The quantitative estimate of drug-likeness (QED) is 0.771. The van der Waals surface area contributed by atoms with Gasteiger partial charge in [-0.25, -0.2) is 13.1 Å². The van der Waals surface area contributed by atoms with Crippen LogP contribution in [0.25, 0.3) is 0 Å². The molecule has 2 N–H and O–H groups in total. The number of hydrogen-bond donors (Lipinski definition) is 2. The van der Waals surface area contributed by atoms with Crippen LogP contribution in [-0.2, 0) is 16.6 Å². The minimum atomic E-state index is -3.50. The van der Waals surface area contributed by atoms with Gasteiger partial charge in [-0.15, -0.1) is 0 Å². The van der Waals surface area contributed by atoms with Crippen molar-refractivity contribution in [1.82, 2.24) is 10.0 Å². The minimum absolute atomic E-state index is 0.0622. The average Bonchev–Trinajstić information content (AvgIpc) is 2.46. The number of hydrogen-bond acceptors (Lipinski definition) is 4. The van der Waals surface area contributed by atoms with E-state index < -0.39 is 10.0 Å². The van der Waals surface area contributed by atoms with Crippen molar-refractivity contribution in [3.05, 3.63) is 23.8 Å². The van der Waals surface area contributed by atoms with Gasteiger partial charge in [0.15, 0.2) is 0 Å². The highest BCUT2D eigenvalue weighted by atomic mass is 32.2. The molecule has 1 aromatic rings. The Morgan fingerprint density at radius 3 is 2.48 bits per heavy atom. The van der Waals surface area contributed by atoms with Crippen LogP contribution in [0.15, 0.2) is 23.1 Å². The molecule has 0 saturated carbocycles. The lowest BCUT2D eigenvalue weighted by Gasteiger charge is -2.23. The normalized spacial score (nSPS) is 12.4. The second-order valence-corrected chi connectivity index (χ2v) is 7.61. The van der Waals surface area contributed by atoms with E-state index in [-0.39, 0.29) is 10.3 Å². The SMILES string of the molecule is CCC(C)(C)CNS(=O)(=O)c1ccc(OC)c(CNC)c1. The topological polar surface area (TPSA) is 67.4 Å². The van der Waals surface area contributed by atoms with Crippen molar-refractivity contribution in [1.29, 1.82) is 0 Å². The van der Waals surface area contributed by atoms with Gasteiger partial charge in [0, 0.05) is 18.7 Å². The second-order valence-electron chi connectivity index (χ2n) is 5.85. The molecule has 0 heterocycles. The summed E-state index contributed by atoms with van der Waals surface area (Å²) >= 11 is 0.